The van der Waals surface area contributed by atoms with E-state index in [0.29, 0.717) is 6.42 Å². The highest BCUT2D eigenvalue weighted by molar-refractivity contribution is 5.90. The summed E-state index contributed by atoms with van der Waals surface area (Å²) in [6.07, 6.45) is 0.640. The van der Waals surface area contributed by atoms with Crippen LogP contribution in [0.15, 0.2) is 24.3 Å². The van der Waals surface area contributed by atoms with Gasteiger partial charge in [-0.05, 0) is 11.6 Å². The van der Waals surface area contributed by atoms with Crippen LogP contribution in [-0.2, 0) is 16.0 Å². The third kappa shape index (κ3) is 2.13. The van der Waals surface area contributed by atoms with Gasteiger partial charge in [-0.15, -0.1) is 0 Å². The van der Waals surface area contributed by atoms with E-state index >= 15 is 0 Å². The molecule has 5 nitrogen and oxygen atoms in total. The highest BCUT2D eigenvalue weighted by Crippen LogP contribution is 2.24. The average molecular weight is 219 g/mol. The Morgan fingerprint density at radius 2 is 2.19 bits per heavy atom. The molecule has 2 rings (SSSR count). The van der Waals surface area contributed by atoms with Gasteiger partial charge in [0.05, 0.1) is 6.54 Å². The Balaban J connectivity index is 1.96. The first kappa shape index (κ1) is 10.5. The van der Waals surface area contributed by atoms with E-state index in [9.17, 15) is 9.59 Å². The Morgan fingerprint density at radius 3 is 2.88 bits per heavy atom. The number of primary amides is 1. The number of nitrogens with one attached hydrogen (secondary N) is 2. The zero-order valence-electron chi connectivity index (χ0n) is 8.69. The van der Waals surface area contributed by atoms with Crippen molar-refractivity contribution >= 4 is 17.5 Å². The second-order valence-corrected chi connectivity index (χ2v) is 3.74. The molecule has 16 heavy (non-hydrogen) atoms. The number of hydrogen-bond acceptors (Lipinski definition) is 3. The Kier molecular flexibility index (Phi) is 2.76. The summed E-state index contributed by atoms with van der Waals surface area (Å²) in [7, 11) is 0. The minimum absolute atomic E-state index is 0.118. The SMILES string of the molecule is NC(=O)CNC(=O)[C@@H]1Cc2ccccc2N1. The van der Waals surface area contributed by atoms with Gasteiger partial charge in [0.2, 0.25) is 11.8 Å². The first-order chi connectivity index (χ1) is 7.66. The van der Waals surface area contributed by atoms with Crippen molar-refractivity contribution in [2.45, 2.75) is 12.5 Å². The van der Waals surface area contributed by atoms with Crippen molar-refractivity contribution in [3.8, 4) is 0 Å². The first-order valence-electron chi connectivity index (χ1n) is 5.07. The molecule has 4 N–H and O–H groups in total. The van der Waals surface area contributed by atoms with Crippen molar-refractivity contribution < 1.29 is 9.59 Å². The molecule has 0 bridgehead atoms. The van der Waals surface area contributed by atoms with Gasteiger partial charge in [-0.25, -0.2) is 0 Å². The van der Waals surface area contributed by atoms with Crippen LogP contribution in [0.25, 0.3) is 0 Å². The summed E-state index contributed by atoms with van der Waals surface area (Å²) in [5, 5.41) is 5.58. The standard InChI is InChI=1S/C11H13N3O2/c12-10(15)6-13-11(16)9-5-7-3-1-2-4-8(7)14-9/h1-4,9,14H,5-6H2,(H2,12,15)(H,13,16)/t9-/m0/s1. The Bertz CT molecular complexity index is 406. The lowest BCUT2D eigenvalue weighted by molar-refractivity contribution is -0.125. The lowest BCUT2D eigenvalue weighted by Crippen LogP contribution is -2.42. The molecule has 84 valence electrons. The van der Waals surface area contributed by atoms with Crippen molar-refractivity contribution in [1.82, 2.24) is 5.32 Å². The molecule has 5 heteroatoms. The molecule has 0 spiro atoms. The molecule has 0 aliphatic carbocycles. The molecule has 0 aromatic heterocycles. The Hall–Kier alpha value is -2.04. The number of nitrogens with two attached hydrogens (primary N) is 1. The summed E-state index contributed by atoms with van der Waals surface area (Å²) in [4.78, 5) is 22.2. The van der Waals surface area contributed by atoms with Crippen LogP contribution in [0.1, 0.15) is 5.56 Å². The molecule has 1 aliphatic heterocycles. The number of para-hydroxylation sites is 1. The van der Waals surface area contributed by atoms with Gasteiger partial charge in [0.15, 0.2) is 0 Å². The number of fused-ring (bicyclic) bond motifs is 1. The molecule has 1 heterocycles. The molecule has 1 aromatic carbocycles. The van der Waals surface area contributed by atoms with Gasteiger partial charge in [-0.3, -0.25) is 9.59 Å². The van der Waals surface area contributed by atoms with Gasteiger partial charge in [0.1, 0.15) is 6.04 Å². The molecule has 0 saturated carbocycles. The molecule has 0 radical (unpaired) electrons. The molecule has 1 aliphatic rings. The molecule has 1 atom stereocenters. The van der Waals surface area contributed by atoms with Crippen LogP contribution in [0.5, 0.6) is 0 Å². The maximum absolute atomic E-state index is 11.6. The average Bonchev–Trinajstić information content (AvgIpc) is 2.69. The number of benzene rings is 1. The largest absolute Gasteiger partial charge is 0.373 e. The van der Waals surface area contributed by atoms with Crippen molar-refractivity contribution in [3.05, 3.63) is 29.8 Å². The highest BCUT2D eigenvalue weighted by atomic mass is 16.2. The molecule has 0 fully saturated rings. The maximum Gasteiger partial charge on any atom is 0.243 e. The third-order valence-electron chi connectivity index (χ3n) is 2.52. The van der Waals surface area contributed by atoms with Crippen LogP contribution in [0, 0.1) is 0 Å². The van der Waals surface area contributed by atoms with Gasteiger partial charge >= 0.3 is 0 Å². The van der Waals surface area contributed by atoms with Crippen LogP contribution in [-0.4, -0.2) is 24.4 Å². The van der Waals surface area contributed by atoms with Gasteiger partial charge in [0, 0.05) is 12.1 Å². The molecule has 1 aromatic rings. The van der Waals surface area contributed by atoms with E-state index in [1.54, 1.807) is 0 Å². The summed E-state index contributed by atoms with van der Waals surface area (Å²) < 4.78 is 0. The maximum atomic E-state index is 11.6. The zero-order chi connectivity index (χ0) is 11.5. The van der Waals surface area contributed by atoms with Gasteiger partial charge in [-0.1, -0.05) is 18.2 Å². The van der Waals surface area contributed by atoms with Crippen LogP contribution in [0.2, 0.25) is 0 Å². The minimum atomic E-state index is -0.538. The van der Waals surface area contributed by atoms with E-state index in [0.717, 1.165) is 11.3 Å². The zero-order valence-corrected chi connectivity index (χ0v) is 8.69. The summed E-state index contributed by atoms with van der Waals surface area (Å²) in [6, 6.07) is 7.44. The van der Waals surface area contributed by atoms with E-state index in [1.165, 1.54) is 0 Å². The summed E-state index contributed by atoms with van der Waals surface area (Å²) in [5.74, 6) is -0.737. The predicted octanol–water partition coefficient (Wildman–Crippen LogP) is -0.375. The molecule has 2 amide bonds. The number of amides is 2. The predicted molar refractivity (Wildman–Crippen MR) is 59.8 cm³/mol. The van der Waals surface area contributed by atoms with Gasteiger partial charge in [-0.2, -0.15) is 0 Å². The quantitative estimate of drug-likeness (QED) is 0.648. The van der Waals surface area contributed by atoms with E-state index in [-0.39, 0.29) is 18.5 Å². The monoisotopic (exact) mass is 219 g/mol. The number of carbonyl (C=O) groups is 2. The molecular weight excluding hydrogens is 206 g/mol. The lowest BCUT2D eigenvalue weighted by atomic mass is 10.1. The smallest absolute Gasteiger partial charge is 0.243 e. The number of rotatable bonds is 3. The first-order valence-corrected chi connectivity index (χ1v) is 5.07. The van der Waals surface area contributed by atoms with Crippen LogP contribution < -0.4 is 16.4 Å². The second-order valence-electron chi connectivity index (χ2n) is 3.74. The van der Waals surface area contributed by atoms with Crippen LogP contribution in [0.3, 0.4) is 0 Å². The van der Waals surface area contributed by atoms with E-state index in [4.69, 9.17) is 5.73 Å². The summed E-state index contributed by atoms with van der Waals surface area (Å²) in [5.41, 5.74) is 7.04. The number of anilines is 1. The van der Waals surface area contributed by atoms with Crippen LogP contribution in [0.4, 0.5) is 5.69 Å². The fraction of sp³-hybridized carbons (Fsp3) is 0.273. The van der Waals surface area contributed by atoms with Crippen molar-refractivity contribution in [2.75, 3.05) is 11.9 Å². The Labute approximate surface area is 93.0 Å². The summed E-state index contributed by atoms with van der Waals surface area (Å²) >= 11 is 0. The minimum Gasteiger partial charge on any atom is -0.373 e. The fourth-order valence-corrected chi connectivity index (χ4v) is 1.75. The number of carbonyl (C=O) groups excluding carboxylic acids is 2. The molecule has 0 saturated heterocycles. The van der Waals surface area contributed by atoms with Gasteiger partial charge in [0.25, 0.3) is 0 Å². The van der Waals surface area contributed by atoms with Gasteiger partial charge < -0.3 is 16.4 Å². The summed E-state index contributed by atoms with van der Waals surface area (Å²) in [6.45, 7) is -0.118. The normalized spacial score (nSPS) is 17.4. The van der Waals surface area contributed by atoms with Crippen molar-refractivity contribution in [1.29, 1.82) is 0 Å². The Morgan fingerprint density at radius 1 is 1.44 bits per heavy atom. The second kappa shape index (κ2) is 4.22. The highest BCUT2D eigenvalue weighted by Gasteiger charge is 2.25. The molecular formula is C11H13N3O2. The van der Waals surface area contributed by atoms with Crippen molar-refractivity contribution in [3.63, 3.8) is 0 Å². The topological polar surface area (TPSA) is 84.2 Å². The van der Waals surface area contributed by atoms with Crippen molar-refractivity contribution in [2.24, 2.45) is 5.73 Å². The van der Waals surface area contributed by atoms with Crippen LogP contribution >= 0.6 is 0 Å². The fourth-order valence-electron chi connectivity index (χ4n) is 1.75. The number of hydrogen-bond donors (Lipinski definition) is 3. The lowest BCUT2D eigenvalue weighted by Gasteiger charge is -2.10. The van der Waals surface area contributed by atoms with E-state index < -0.39 is 5.91 Å². The third-order valence-corrected chi connectivity index (χ3v) is 2.52. The molecule has 0 unspecified atom stereocenters. The van der Waals surface area contributed by atoms with E-state index in [1.807, 2.05) is 24.3 Å². The van der Waals surface area contributed by atoms with E-state index in [2.05, 4.69) is 10.6 Å².